The van der Waals surface area contributed by atoms with E-state index in [1.165, 1.54) is 0 Å². The second-order valence-electron chi connectivity index (χ2n) is 5.39. The second-order valence-corrected chi connectivity index (χ2v) is 5.39. The lowest BCUT2D eigenvalue weighted by molar-refractivity contribution is 0.127. The van der Waals surface area contributed by atoms with Crippen LogP contribution in [-0.4, -0.2) is 42.5 Å². The van der Waals surface area contributed by atoms with Gasteiger partial charge in [-0.05, 0) is 18.3 Å². The summed E-state index contributed by atoms with van der Waals surface area (Å²) >= 11 is 0. The molecule has 1 saturated heterocycles. The van der Waals surface area contributed by atoms with Crippen molar-refractivity contribution in [3.8, 4) is 0 Å². The highest BCUT2D eigenvalue weighted by Crippen LogP contribution is 2.32. The Labute approximate surface area is 87.1 Å². The average Bonchev–Trinajstić information content (AvgIpc) is 2.48. The highest BCUT2D eigenvalue weighted by atomic mass is 16.2. The van der Waals surface area contributed by atoms with Crippen LogP contribution in [0.1, 0.15) is 33.6 Å². The van der Waals surface area contributed by atoms with Crippen LogP contribution in [0, 0.1) is 5.41 Å². The number of amides is 2. The van der Waals surface area contributed by atoms with E-state index in [1.54, 1.807) is 4.90 Å². The van der Waals surface area contributed by atoms with Gasteiger partial charge in [-0.25, -0.2) is 4.79 Å². The van der Waals surface area contributed by atoms with Gasteiger partial charge >= 0.3 is 6.03 Å². The number of hydrogen-bond acceptors (Lipinski definition) is 1. The zero-order chi connectivity index (χ0) is 10.9. The zero-order valence-electron chi connectivity index (χ0n) is 10.0. The van der Waals surface area contributed by atoms with Crippen molar-refractivity contribution in [2.24, 2.45) is 5.41 Å². The molecule has 0 N–H and O–H groups in total. The van der Waals surface area contributed by atoms with Crippen molar-refractivity contribution in [2.45, 2.75) is 39.7 Å². The quantitative estimate of drug-likeness (QED) is 0.585. The van der Waals surface area contributed by atoms with Crippen LogP contribution in [-0.2, 0) is 0 Å². The maximum Gasteiger partial charge on any atom is 0.319 e. The van der Waals surface area contributed by atoms with E-state index in [0.717, 1.165) is 19.4 Å². The Morgan fingerprint density at radius 1 is 1.36 bits per heavy atom. The molecule has 0 saturated carbocycles. The standard InChI is InChI=1S/C11H22N2O/c1-11(2,3)9-7-6-8-13(9)10(14)12(4)5/h9H,6-8H2,1-5H3. The molecule has 0 aliphatic carbocycles. The smallest absolute Gasteiger partial charge is 0.319 e. The highest BCUT2D eigenvalue weighted by Gasteiger charge is 2.37. The van der Waals surface area contributed by atoms with Gasteiger partial charge in [-0.1, -0.05) is 20.8 Å². The number of carbonyl (C=O) groups excluding carboxylic acids is 1. The molecule has 14 heavy (non-hydrogen) atoms. The first-order chi connectivity index (χ1) is 6.34. The molecule has 82 valence electrons. The predicted octanol–water partition coefficient (Wildman–Crippen LogP) is 2.18. The predicted molar refractivity (Wildman–Crippen MR) is 58.3 cm³/mol. The van der Waals surface area contributed by atoms with Crippen LogP contribution in [0.2, 0.25) is 0 Å². The number of hydrogen-bond donors (Lipinski definition) is 0. The fourth-order valence-corrected chi connectivity index (χ4v) is 2.15. The summed E-state index contributed by atoms with van der Waals surface area (Å²) in [6, 6.07) is 0.555. The molecule has 2 amide bonds. The van der Waals surface area contributed by atoms with Gasteiger partial charge in [0.25, 0.3) is 0 Å². The van der Waals surface area contributed by atoms with Crippen molar-refractivity contribution in [2.75, 3.05) is 20.6 Å². The van der Waals surface area contributed by atoms with Crippen LogP contribution in [0.3, 0.4) is 0 Å². The molecule has 0 aromatic heterocycles. The minimum absolute atomic E-state index is 0.155. The Bertz CT molecular complexity index is 218. The van der Waals surface area contributed by atoms with Crippen molar-refractivity contribution >= 4 is 6.03 Å². The SMILES string of the molecule is CN(C)C(=O)N1CCCC1C(C)(C)C. The first-order valence-electron chi connectivity index (χ1n) is 5.32. The lowest BCUT2D eigenvalue weighted by Crippen LogP contribution is -2.47. The van der Waals surface area contributed by atoms with E-state index in [2.05, 4.69) is 20.8 Å². The van der Waals surface area contributed by atoms with Crippen LogP contribution in [0.5, 0.6) is 0 Å². The first-order valence-corrected chi connectivity index (χ1v) is 5.32. The van der Waals surface area contributed by atoms with Gasteiger partial charge in [0.15, 0.2) is 0 Å². The summed E-state index contributed by atoms with van der Waals surface area (Å²) in [5.41, 5.74) is 0.197. The summed E-state index contributed by atoms with van der Waals surface area (Å²) in [6.07, 6.45) is 2.28. The van der Waals surface area contributed by atoms with E-state index in [4.69, 9.17) is 0 Å². The Kier molecular flexibility index (Phi) is 3.07. The van der Waals surface area contributed by atoms with Crippen LogP contribution < -0.4 is 0 Å². The molecule has 1 heterocycles. The summed E-state index contributed by atoms with van der Waals surface area (Å²) in [4.78, 5) is 15.5. The number of nitrogens with zero attached hydrogens (tertiary/aromatic N) is 2. The minimum atomic E-state index is 0.155. The minimum Gasteiger partial charge on any atom is -0.331 e. The summed E-state index contributed by atoms with van der Waals surface area (Å²) in [7, 11) is 3.64. The molecule has 1 unspecified atom stereocenters. The van der Waals surface area contributed by atoms with Gasteiger partial charge in [0.05, 0.1) is 0 Å². The van der Waals surface area contributed by atoms with Crippen LogP contribution in [0.4, 0.5) is 4.79 Å². The molecular weight excluding hydrogens is 176 g/mol. The van der Waals surface area contributed by atoms with Crippen molar-refractivity contribution in [1.29, 1.82) is 0 Å². The molecule has 0 aromatic rings. The van der Waals surface area contributed by atoms with Gasteiger partial charge in [-0.2, -0.15) is 0 Å². The maximum atomic E-state index is 11.9. The van der Waals surface area contributed by atoms with E-state index < -0.39 is 0 Å². The van der Waals surface area contributed by atoms with Crippen molar-refractivity contribution < 1.29 is 4.79 Å². The Morgan fingerprint density at radius 2 is 1.93 bits per heavy atom. The average molecular weight is 198 g/mol. The van der Waals surface area contributed by atoms with Gasteiger partial charge in [-0.3, -0.25) is 0 Å². The first kappa shape index (κ1) is 11.3. The molecule has 1 rings (SSSR count). The second kappa shape index (κ2) is 3.79. The van der Waals surface area contributed by atoms with Gasteiger partial charge in [0, 0.05) is 26.7 Å². The fraction of sp³-hybridized carbons (Fsp3) is 0.909. The van der Waals surface area contributed by atoms with Crippen LogP contribution >= 0.6 is 0 Å². The van der Waals surface area contributed by atoms with Gasteiger partial charge < -0.3 is 9.80 Å². The Hall–Kier alpha value is -0.730. The molecule has 1 aliphatic heterocycles. The number of urea groups is 1. The van der Waals surface area contributed by atoms with Crippen molar-refractivity contribution in [3.63, 3.8) is 0 Å². The van der Waals surface area contributed by atoms with Crippen molar-refractivity contribution in [1.82, 2.24) is 9.80 Å². The summed E-state index contributed by atoms with van der Waals surface area (Å²) < 4.78 is 0. The highest BCUT2D eigenvalue weighted by molar-refractivity contribution is 5.74. The molecule has 0 spiro atoms. The Balaban J connectivity index is 2.74. The van der Waals surface area contributed by atoms with E-state index in [0.29, 0.717) is 6.04 Å². The normalized spacial score (nSPS) is 22.6. The van der Waals surface area contributed by atoms with Gasteiger partial charge in [-0.15, -0.1) is 0 Å². The molecule has 3 heteroatoms. The lowest BCUT2D eigenvalue weighted by atomic mass is 9.85. The van der Waals surface area contributed by atoms with E-state index in [9.17, 15) is 4.79 Å². The van der Waals surface area contributed by atoms with E-state index in [-0.39, 0.29) is 11.4 Å². The molecule has 0 radical (unpaired) electrons. The summed E-state index contributed by atoms with van der Waals surface area (Å²) in [5.74, 6) is 0. The zero-order valence-corrected chi connectivity index (χ0v) is 10.0. The largest absolute Gasteiger partial charge is 0.331 e. The molecular formula is C11H22N2O. The number of likely N-dealkylation sites (tertiary alicyclic amines) is 1. The molecule has 0 aromatic carbocycles. The maximum absolute atomic E-state index is 11.9. The molecule has 1 fully saturated rings. The molecule has 3 nitrogen and oxygen atoms in total. The van der Waals surface area contributed by atoms with E-state index in [1.807, 2.05) is 19.0 Å². The van der Waals surface area contributed by atoms with Gasteiger partial charge in [0.2, 0.25) is 0 Å². The van der Waals surface area contributed by atoms with E-state index >= 15 is 0 Å². The van der Waals surface area contributed by atoms with Gasteiger partial charge in [0.1, 0.15) is 0 Å². The third kappa shape index (κ3) is 2.20. The summed E-state index contributed by atoms with van der Waals surface area (Å²) in [5, 5.41) is 0. The topological polar surface area (TPSA) is 23.6 Å². The summed E-state index contributed by atoms with van der Waals surface area (Å²) in [6.45, 7) is 7.54. The monoisotopic (exact) mass is 198 g/mol. The van der Waals surface area contributed by atoms with Crippen LogP contribution in [0.25, 0.3) is 0 Å². The molecule has 1 aliphatic rings. The lowest BCUT2D eigenvalue weighted by Gasteiger charge is -2.36. The number of carbonyl (C=O) groups is 1. The molecule has 1 atom stereocenters. The van der Waals surface area contributed by atoms with Crippen molar-refractivity contribution in [3.05, 3.63) is 0 Å². The third-order valence-corrected chi connectivity index (χ3v) is 2.88. The van der Waals surface area contributed by atoms with Crippen LogP contribution in [0.15, 0.2) is 0 Å². The number of rotatable bonds is 0. The Morgan fingerprint density at radius 3 is 2.36 bits per heavy atom. The third-order valence-electron chi connectivity index (χ3n) is 2.88. The molecule has 0 bridgehead atoms. The fourth-order valence-electron chi connectivity index (χ4n) is 2.15.